The van der Waals surface area contributed by atoms with Gasteiger partial charge in [0, 0.05) is 30.6 Å². The summed E-state index contributed by atoms with van der Waals surface area (Å²) in [5, 5.41) is 15.3. The average Bonchev–Trinajstić information content (AvgIpc) is 3.56. The van der Waals surface area contributed by atoms with Gasteiger partial charge in [0.2, 0.25) is 5.91 Å². The van der Waals surface area contributed by atoms with Crippen molar-refractivity contribution in [2.24, 2.45) is 11.3 Å². The third kappa shape index (κ3) is 2.96. The van der Waals surface area contributed by atoms with Gasteiger partial charge in [0.1, 0.15) is 5.75 Å². The third-order valence-corrected chi connectivity index (χ3v) is 6.83. The van der Waals surface area contributed by atoms with Gasteiger partial charge in [0.05, 0.1) is 23.4 Å². The highest BCUT2D eigenvalue weighted by atomic mass is 19.4. The lowest BCUT2D eigenvalue weighted by atomic mass is 9.92. The molecule has 2 saturated carbocycles. The van der Waals surface area contributed by atoms with Crippen LogP contribution in [-0.4, -0.2) is 50.1 Å². The fraction of sp³-hybridized carbons (Fsp3) is 0.409. The fourth-order valence-corrected chi connectivity index (χ4v) is 4.70. The first kappa shape index (κ1) is 19.5. The number of likely N-dealkylation sites (tertiary alicyclic amines) is 1. The second-order valence-electron chi connectivity index (χ2n) is 8.83. The fourth-order valence-electron chi connectivity index (χ4n) is 4.70. The number of alkyl halides is 3. The highest BCUT2D eigenvalue weighted by molar-refractivity contribution is 5.91. The molecule has 32 heavy (non-hydrogen) atoms. The van der Waals surface area contributed by atoms with E-state index >= 15 is 0 Å². The quantitative estimate of drug-likeness (QED) is 0.654. The molecule has 10 heteroatoms. The zero-order valence-electron chi connectivity index (χ0n) is 16.8. The van der Waals surface area contributed by atoms with Crippen LogP contribution in [0.4, 0.5) is 13.2 Å². The maximum atomic E-state index is 12.6. The van der Waals surface area contributed by atoms with E-state index < -0.39 is 6.36 Å². The van der Waals surface area contributed by atoms with Crippen LogP contribution in [-0.2, 0) is 11.4 Å². The minimum atomic E-state index is -4.77. The van der Waals surface area contributed by atoms with Crippen LogP contribution in [0.3, 0.4) is 0 Å². The van der Waals surface area contributed by atoms with Gasteiger partial charge in [-0.25, -0.2) is 9.67 Å². The molecule has 3 aliphatic rings. The molecule has 1 aromatic carbocycles. The monoisotopic (exact) mass is 444 g/mol. The van der Waals surface area contributed by atoms with Crippen LogP contribution in [0, 0.1) is 11.3 Å². The Balaban J connectivity index is 1.33. The van der Waals surface area contributed by atoms with Gasteiger partial charge in [-0.1, -0.05) is 0 Å². The first-order valence-corrected chi connectivity index (χ1v) is 10.4. The zero-order chi connectivity index (χ0) is 22.3. The Hall–Kier alpha value is -3.14. The van der Waals surface area contributed by atoms with E-state index in [4.69, 9.17) is 5.10 Å². The molecule has 0 bridgehead atoms. The normalized spacial score (nSPS) is 24.2. The van der Waals surface area contributed by atoms with Crippen LogP contribution in [0.15, 0.2) is 36.5 Å². The molecule has 0 radical (unpaired) electrons. The molecule has 0 atom stereocenters. The van der Waals surface area contributed by atoms with Crippen molar-refractivity contribution in [3.63, 3.8) is 0 Å². The standard InChI is InChI=1S/C22H19F3N4O3/c23-22(24,25)32-16-3-1-15(2-4-16)29-19-17(12(11-30)5-6-26-19)18(27-29)13-9-28(10-13)20(31)21-7-14(21)8-21/h1-6,13-14,30H,7-11H2. The molecular formula is C22H19F3N4O3. The van der Waals surface area contributed by atoms with Crippen LogP contribution < -0.4 is 4.74 Å². The highest BCUT2D eigenvalue weighted by Crippen LogP contribution is 2.76. The van der Waals surface area contributed by atoms with E-state index in [-0.39, 0.29) is 29.6 Å². The number of aliphatic hydroxyl groups is 1. The van der Waals surface area contributed by atoms with Gasteiger partial charge in [0.15, 0.2) is 5.65 Å². The number of ether oxygens (including phenoxy) is 1. The Kier molecular flexibility index (Phi) is 3.93. The van der Waals surface area contributed by atoms with E-state index in [9.17, 15) is 23.1 Å². The number of fused-ring (bicyclic) bond motifs is 2. The summed E-state index contributed by atoms with van der Waals surface area (Å²) in [5.74, 6) is 0.511. The Bertz CT molecular complexity index is 1230. The lowest BCUT2D eigenvalue weighted by Crippen LogP contribution is -2.50. The van der Waals surface area contributed by atoms with Crippen molar-refractivity contribution in [2.45, 2.75) is 31.7 Å². The lowest BCUT2D eigenvalue weighted by molar-refractivity contribution is -0.274. The smallest absolute Gasteiger partial charge is 0.406 e. The predicted molar refractivity (Wildman–Crippen MR) is 106 cm³/mol. The highest BCUT2D eigenvalue weighted by Gasteiger charge is 2.75. The first-order valence-electron chi connectivity index (χ1n) is 10.4. The molecular weight excluding hydrogens is 425 g/mol. The summed E-state index contributed by atoms with van der Waals surface area (Å²) in [6, 6.07) is 7.10. The van der Waals surface area contributed by atoms with E-state index in [2.05, 4.69) is 9.72 Å². The number of nitrogens with zero attached hydrogens (tertiary/aromatic N) is 4. The maximum absolute atomic E-state index is 12.6. The van der Waals surface area contributed by atoms with Gasteiger partial charge in [-0.3, -0.25) is 4.79 Å². The van der Waals surface area contributed by atoms with Crippen LogP contribution >= 0.6 is 0 Å². The van der Waals surface area contributed by atoms with Crippen molar-refractivity contribution in [3.05, 3.63) is 47.8 Å². The number of hydrogen-bond acceptors (Lipinski definition) is 5. The molecule has 2 aliphatic carbocycles. The Morgan fingerprint density at radius 3 is 2.47 bits per heavy atom. The van der Waals surface area contributed by atoms with E-state index in [1.165, 1.54) is 24.3 Å². The number of hydrogen-bond donors (Lipinski definition) is 1. The van der Waals surface area contributed by atoms with Crippen LogP contribution in [0.25, 0.3) is 16.7 Å². The summed E-state index contributed by atoms with van der Waals surface area (Å²) in [6.07, 6.45) is -1.18. The molecule has 3 aromatic rings. The molecule has 7 nitrogen and oxygen atoms in total. The van der Waals surface area contributed by atoms with Crippen molar-refractivity contribution < 1.29 is 27.8 Å². The predicted octanol–water partition coefficient (Wildman–Crippen LogP) is 3.15. The van der Waals surface area contributed by atoms with Gasteiger partial charge >= 0.3 is 6.36 Å². The van der Waals surface area contributed by atoms with E-state index in [0.717, 1.165) is 23.9 Å². The van der Waals surface area contributed by atoms with Gasteiger partial charge in [-0.05, 0) is 54.7 Å². The summed E-state index contributed by atoms with van der Waals surface area (Å²) in [5.41, 5.74) is 2.36. The second-order valence-corrected chi connectivity index (χ2v) is 8.83. The SMILES string of the molecule is O=C(N1CC(c2nn(-c3ccc(OC(F)(F)F)cc3)c3nccc(CO)c23)C1)C12CC1C2. The second kappa shape index (κ2) is 6.44. The molecule has 166 valence electrons. The van der Waals surface area contributed by atoms with E-state index in [1.54, 1.807) is 16.9 Å². The molecule has 1 aliphatic heterocycles. The van der Waals surface area contributed by atoms with E-state index in [1.807, 2.05) is 4.90 Å². The Morgan fingerprint density at radius 2 is 1.88 bits per heavy atom. The van der Waals surface area contributed by atoms with Crippen LogP contribution in [0.2, 0.25) is 0 Å². The number of aromatic nitrogens is 3. The summed E-state index contributed by atoms with van der Waals surface area (Å²) in [6.45, 7) is 0.936. The van der Waals surface area contributed by atoms with Gasteiger partial charge in [-0.15, -0.1) is 13.2 Å². The number of aliphatic hydroxyl groups excluding tert-OH is 1. The number of amides is 1. The van der Waals surface area contributed by atoms with Crippen LogP contribution in [0.5, 0.6) is 5.75 Å². The van der Waals surface area contributed by atoms with Gasteiger partial charge in [0.25, 0.3) is 0 Å². The van der Waals surface area contributed by atoms with Crippen LogP contribution in [0.1, 0.15) is 30.0 Å². The van der Waals surface area contributed by atoms with Crippen molar-refractivity contribution in [2.75, 3.05) is 13.1 Å². The maximum Gasteiger partial charge on any atom is 0.573 e. The van der Waals surface area contributed by atoms with Crippen molar-refractivity contribution in [1.29, 1.82) is 0 Å². The topological polar surface area (TPSA) is 80.5 Å². The van der Waals surface area contributed by atoms with Crippen molar-refractivity contribution in [3.8, 4) is 11.4 Å². The first-order chi connectivity index (χ1) is 15.3. The van der Waals surface area contributed by atoms with Crippen molar-refractivity contribution >= 4 is 16.9 Å². The minimum Gasteiger partial charge on any atom is -0.406 e. The molecule has 1 N–H and O–H groups in total. The molecule has 2 aromatic heterocycles. The molecule has 3 fully saturated rings. The lowest BCUT2D eigenvalue weighted by Gasteiger charge is -2.39. The number of carbonyl (C=O) groups excluding carboxylic acids is 1. The number of carbonyl (C=O) groups is 1. The van der Waals surface area contributed by atoms with Gasteiger partial charge < -0.3 is 14.7 Å². The molecule has 0 spiro atoms. The minimum absolute atomic E-state index is 0.0115. The molecule has 1 saturated heterocycles. The van der Waals surface area contributed by atoms with Crippen molar-refractivity contribution in [1.82, 2.24) is 19.7 Å². The summed E-state index contributed by atoms with van der Waals surface area (Å²) in [4.78, 5) is 18.9. The molecule has 6 rings (SSSR count). The number of benzene rings is 1. The molecule has 3 heterocycles. The molecule has 1 amide bonds. The Labute approximate surface area is 180 Å². The Morgan fingerprint density at radius 1 is 1.19 bits per heavy atom. The largest absolute Gasteiger partial charge is 0.573 e. The zero-order valence-corrected chi connectivity index (χ0v) is 16.8. The van der Waals surface area contributed by atoms with Gasteiger partial charge in [-0.2, -0.15) is 5.10 Å². The average molecular weight is 444 g/mol. The summed E-state index contributed by atoms with van der Waals surface area (Å²) >= 11 is 0. The summed E-state index contributed by atoms with van der Waals surface area (Å²) in [7, 11) is 0. The molecule has 0 unspecified atom stereocenters. The number of halogens is 3. The van der Waals surface area contributed by atoms with E-state index in [0.29, 0.717) is 35.9 Å². The number of rotatable bonds is 5. The summed E-state index contributed by atoms with van der Waals surface area (Å²) < 4.78 is 42.9. The third-order valence-electron chi connectivity index (χ3n) is 6.83. The number of pyridine rings is 1.